The van der Waals surface area contributed by atoms with Gasteiger partial charge in [0.05, 0.1) is 22.9 Å². The van der Waals surface area contributed by atoms with E-state index in [1.165, 1.54) is 24.3 Å². The molecule has 32 heavy (non-hydrogen) atoms. The Morgan fingerprint density at radius 1 is 1.16 bits per heavy atom. The monoisotopic (exact) mass is 473 g/mol. The van der Waals surface area contributed by atoms with E-state index < -0.39 is 47.5 Å². The first-order valence-electron chi connectivity index (χ1n) is 8.86. The minimum atomic E-state index is -4.99. The third-order valence-electron chi connectivity index (χ3n) is 4.26. The summed E-state index contributed by atoms with van der Waals surface area (Å²) in [5.74, 6) is -2.80. The van der Waals surface area contributed by atoms with Gasteiger partial charge >= 0.3 is 6.18 Å². The second-order valence-electron chi connectivity index (χ2n) is 6.54. The maximum absolute atomic E-state index is 13.9. The van der Waals surface area contributed by atoms with Crippen molar-refractivity contribution in [3.63, 3.8) is 0 Å². The van der Waals surface area contributed by atoms with Crippen LogP contribution in [0.15, 0.2) is 53.3 Å². The van der Waals surface area contributed by atoms with Crippen molar-refractivity contribution in [2.45, 2.75) is 12.3 Å². The summed E-state index contributed by atoms with van der Waals surface area (Å²) in [5.41, 5.74) is -1.86. The lowest BCUT2D eigenvalue weighted by Gasteiger charge is -2.15. The van der Waals surface area contributed by atoms with Gasteiger partial charge in [0.1, 0.15) is 17.2 Å². The van der Waals surface area contributed by atoms with Gasteiger partial charge in [-0.1, -0.05) is 23.7 Å². The molecule has 0 aliphatic rings. The molecule has 1 heterocycles. The van der Waals surface area contributed by atoms with Crippen LogP contribution in [0, 0.1) is 11.6 Å². The summed E-state index contributed by atoms with van der Waals surface area (Å²) < 4.78 is 65.7. The standard InChI is InChI=1S/C20H13ClF5N3O3/c21-14-5-4-10(6-15(14)23)16-8-13(18(31)27-9-17(30)20(24,25)26)19(32)29(28-16)12-3-1-2-11(22)7-12/h1-8,17,30H,9H2,(H,27,31)/t17-/m1/s1. The minimum absolute atomic E-state index is 0.0847. The Labute approximate surface area is 181 Å². The van der Waals surface area contributed by atoms with Gasteiger partial charge < -0.3 is 10.4 Å². The van der Waals surface area contributed by atoms with Gasteiger partial charge in [0.2, 0.25) is 0 Å². The third kappa shape index (κ3) is 5.11. The van der Waals surface area contributed by atoms with Crippen molar-refractivity contribution < 1.29 is 31.9 Å². The predicted molar refractivity (Wildman–Crippen MR) is 105 cm³/mol. The minimum Gasteiger partial charge on any atom is -0.382 e. The molecule has 2 N–H and O–H groups in total. The van der Waals surface area contributed by atoms with Crippen molar-refractivity contribution in [2.24, 2.45) is 0 Å². The maximum Gasteiger partial charge on any atom is 0.416 e. The molecule has 0 fully saturated rings. The number of alkyl halides is 3. The number of aliphatic hydroxyl groups excluding tert-OH is 1. The van der Waals surface area contributed by atoms with E-state index in [0.29, 0.717) is 4.68 Å². The number of hydrogen-bond acceptors (Lipinski definition) is 4. The summed E-state index contributed by atoms with van der Waals surface area (Å²) in [7, 11) is 0. The lowest BCUT2D eigenvalue weighted by atomic mass is 10.1. The van der Waals surface area contributed by atoms with E-state index in [1.54, 1.807) is 0 Å². The molecule has 0 unspecified atom stereocenters. The van der Waals surface area contributed by atoms with Crippen LogP contribution in [0.2, 0.25) is 5.02 Å². The number of aromatic nitrogens is 2. The van der Waals surface area contributed by atoms with Crippen molar-refractivity contribution in [1.29, 1.82) is 0 Å². The van der Waals surface area contributed by atoms with E-state index >= 15 is 0 Å². The summed E-state index contributed by atoms with van der Waals surface area (Å²) in [6.07, 6.45) is -7.84. The van der Waals surface area contributed by atoms with Gasteiger partial charge in [-0.25, -0.2) is 8.78 Å². The molecule has 3 aromatic rings. The smallest absolute Gasteiger partial charge is 0.382 e. The van der Waals surface area contributed by atoms with Gasteiger partial charge in [-0.05, 0) is 36.4 Å². The Morgan fingerprint density at radius 2 is 1.88 bits per heavy atom. The molecule has 0 saturated carbocycles. The van der Waals surface area contributed by atoms with E-state index in [1.807, 2.05) is 5.32 Å². The fourth-order valence-corrected chi connectivity index (χ4v) is 2.75. The number of nitrogens with zero attached hydrogens (tertiary/aromatic N) is 2. The third-order valence-corrected chi connectivity index (χ3v) is 4.56. The van der Waals surface area contributed by atoms with Crippen molar-refractivity contribution >= 4 is 17.5 Å². The molecule has 0 bridgehead atoms. The Morgan fingerprint density at radius 3 is 2.50 bits per heavy atom. The molecular weight excluding hydrogens is 461 g/mol. The Bertz CT molecular complexity index is 1230. The molecule has 1 amide bonds. The van der Waals surface area contributed by atoms with Crippen LogP contribution in [0.25, 0.3) is 16.9 Å². The fraction of sp³-hybridized carbons (Fsp3) is 0.150. The van der Waals surface area contributed by atoms with Gasteiger partial charge in [-0.3, -0.25) is 9.59 Å². The van der Waals surface area contributed by atoms with Crippen LogP contribution in [0.1, 0.15) is 10.4 Å². The quantitative estimate of drug-likeness (QED) is 0.556. The lowest BCUT2D eigenvalue weighted by molar-refractivity contribution is -0.201. The van der Waals surface area contributed by atoms with Gasteiger partial charge in [0.15, 0.2) is 6.10 Å². The Hall–Kier alpha value is -3.31. The van der Waals surface area contributed by atoms with Gasteiger partial charge in [-0.15, -0.1) is 0 Å². The molecule has 12 heteroatoms. The number of amides is 1. The second kappa shape index (κ2) is 9.05. The highest BCUT2D eigenvalue weighted by molar-refractivity contribution is 6.30. The number of aliphatic hydroxyl groups is 1. The van der Waals surface area contributed by atoms with Crippen LogP contribution in [0.3, 0.4) is 0 Å². The van der Waals surface area contributed by atoms with Gasteiger partial charge in [-0.2, -0.15) is 23.0 Å². The summed E-state index contributed by atoms with van der Waals surface area (Å²) in [6.45, 7) is -1.21. The summed E-state index contributed by atoms with van der Waals surface area (Å²) in [5, 5.41) is 14.7. The first-order chi connectivity index (χ1) is 15.0. The average molecular weight is 474 g/mol. The summed E-state index contributed by atoms with van der Waals surface area (Å²) in [6, 6.07) is 9.06. The SMILES string of the molecule is O=C(NC[C@@H](O)C(F)(F)F)c1cc(-c2ccc(Cl)c(F)c2)nn(-c2cccc(F)c2)c1=O. The van der Waals surface area contributed by atoms with E-state index in [4.69, 9.17) is 16.7 Å². The fourth-order valence-electron chi connectivity index (χ4n) is 2.64. The molecule has 3 rings (SSSR count). The highest BCUT2D eigenvalue weighted by atomic mass is 35.5. The molecule has 1 atom stereocenters. The van der Waals surface area contributed by atoms with E-state index in [9.17, 15) is 31.5 Å². The molecule has 168 valence electrons. The maximum atomic E-state index is 13.9. The first-order valence-corrected chi connectivity index (χ1v) is 9.24. The van der Waals surface area contributed by atoms with Crippen molar-refractivity contribution in [3.05, 3.63) is 81.1 Å². The van der Waals surface area contributed by atoms with Crippen LogP contribution in [-0.4, -0.2) is 39.6 Å². The van der Waals surface area contributed by atoms with Gasteiger partial charge in [0, 0.05) is 5.56 Å². The summed E-state index contributed by atoms with van der Waals surface area (Å²) in [4.78, 5) is 25.3. The number of hydrogen-bond donors (Lipinski definition) is 2. The van der Waals surface area contributed by atoms with Crippen LogP contribution in [0.4, 0.5) is 22.0 Å². The topological polar surface area (TPSA) is 84.2 Å². The molecule has 0 radical (unpaired) electrons. The molecule has 0 aliphatic carbocycles. The van der Waals surface area contributed by atoms with Crippen LogP contribution >= 0.6 is 11.6 Å². The zero-order valence-electron chi connectivity index (χ0n) is 15.8. The molecule has 1 aromatic heterocycles. The number of rotatable bonds is 5. The number of halogens is 6. The van der Waals surface area contributed by atoms with Crippen LogP contribution < -0.4 is 10.9 Å². The van der Waals surface area contributed by atoms with Crippen LogP contribution in [0.5, 0.6) is 0 Å². The zero-order valence-corrected chi connectivity index (χ0v) is 16.6. The molecule has 2 aromatic carbocycles. The largest absolute Gasteiger partial charge is 0.416 e. The number of benzene rings is 2. The lowest BCUT2D eigenvalue weighted by Crippen LogP contribution is -2.42. The zero-order chi connectivity index (χ0) is 23.6. The Balaban J connectivity index is 2.11. The van der Waals surface area contributed by atoms with Crippen LogP contribution in [-0.2, 0) is 0 Å². The molecule has 0 aliphatic heterocycles. The molecule has 0 spiro atoms. The average Bonchev–Trinajstić information content (AvgIpc) is 2.73. The summed E-state index contributed by atoms with van der Waals surface area (Å²) >= 11 is 5.66. The highest BCUT2D eigenvalue weighted by Gasteiger charge is 2.38. The number of carbonyl (C=O) groups is 1. The normalized spacial score (nSPS) is 12.5. The van der Waals surface area contributed by atoms with E-state index in [-0.39, 0.29) is 22.0 Å². The Kier molecular flexibility index (Phi) is 6.60. The molecule has 0 saturated heterocycles. The molecular formula is C20H13ClF5N3O3. The first kappa shape index (κ1) is 23.4. The van der Waals surface area contributed by atoms with Crippen molar-refractivity contribution in [1.82, 2.24) is 15.1 Å². The van der Waals surface area contributed by atoms with Crippen molar-refractivity contribution in [2.75, 3.05) is 6.54 Å². The number of nitrogens with one attached hydrogen (secondary N) is 1. The van der Waals surface area contributed by atoms with E-state index in [2.05, 4.69) is 5.10 Å². The highest BCUT2D eigenvalue weighted by Crippen LogP contribution is 2.24. The molecule has 6 nitrogen and oxygen atoms in total. The number of carbonyl (C=O) groups excluding carboxylic acids is 1. The second-order valence-corrected chi connectivity index (χ2v) is 6.94. The van der Waals surface area contributed by atoms with E-state index in [0.717, 1.165) is 24.3 Å². The van der Waals surface area contributed by atoms with Gasteiger partial charge in [0.25, 0.3) is 11.5 Å². The van der Waals surface area contributed by atoms with Crippen molar-refractivity contribution in [3.8, 4) is 16.9 Å². The predicted octanol–water partition coefficient (Wildman–Crippen LogP) is 3.48.